The molecule has 1 aromatic heterocycles. The third-order valence-corrected chi connectivity index (χ3v) is 4.93. The number of thioether (sulfide) groups is 1. The van der Waals surface area contributed by atoms with E-state index in [0.29, 0.717) is 0 Å². The van der Waals surface area contributed by atoms with E-state index < -0.39 is 0 Å². The summed E-state index contributed by atoms with van der Waals surface area (Å²) in [6.07, 6.45) is 0. The van der Waals surface area contributed by atoms with Gasteiger partial charge in [-0.05, 0) is 37.1 Å². The molecule has 0 aliphatic carbocycles. The fourth-order valence-electron chi connectivity index (χ4n) is 2.39. The molecule has 1 heterocycles. The lowest BCUT2D eigenvalue weighted by atomic mass is 10.1. The van der Waals surface area contributed by atoms with E-state index in [1.165, 1.54) is 10.5 Å². The predicted molar refractivity (Wildman–Crippen MR) is 89.8 cm³/mol. The van der Waals surface area contributed by atoms with Crippen LogP contribution in [0.1, 0.15) is 22.9 Å². The van der Waals surface area contributed by atoms with Gasteiger partial charge in [0.2, 0.25) is 0 Å². The maximum atomic E-state index is 6.29. The van der Waals surface area contributed by atoms with E-state index in [9.17, 15) is 0 Å². The summed E-state index contributed by atoms with van der Waals surface area (Å²) in [7, 11) is 0. The molecular weight excluding hydrogens is 278 g/mol. The first kappa shape index (κ1) is 14.2. The molecule has 1 unspecified atom stereocenters. The van der Waals surface area contributed by atoms with Crippen molar-refractivity contribution in [1.82, 2.24) is 0 Å². The first-order chi connectivity index (χ1) is 10.1. The molecule has 108 valence electrons. The van der Waals surface area contributed by atoms with Crippen LogP contribution in [0.15, 0.2) is 57.8 Å². The van der Waals surface area contributed by atoms with Crippen LogP contribution in [-0.4, -0.2) is 5.75 Å². The van der Waals surface area contributed by atoms with Gasteiger partial charge in [0.1, 0.15) is 11.3 Å². The number of nitrogens with two attached hydrogens (primary N) is 1. The van der Waals surface area contributed by atoms with Crippen LogP contribution in [-0.2, 0) is 0 Å². The Morgan fingerprint density at radius 3 is 2.57 bits per heavy atom. The molecule has 2 N–H and O–H groups in total. The number of aryl methyl sites for hydroxylation is 2. The van der Waals surface area contributed by atoms with Crippen LogP contribution >= 0.6 is 11.8 Å². The Labute approximate surface area is 129 Å². The van der Waals surface area contributed by atoms with E-state index in [4.69, 9.17) is 10.2 Å². The van der Waals surface area contributed by atoms with Crippen LogP contribution < -0.4 is 5.73 Å². The molecule has 0 spiro atoms. The van der Waals surface area contributed by atoms with Gasteiger partial charge < -0.3 is 10.2 Å². The minimum atomic E-state index is -0.0959. The Kier molecular flexibility index (Phi) is 4.04. The first-order valence-corrected chi connectivity index (χ1v) is 8.07. The Morgan fingerprint density at radius 2 is 1.81 bits per heavy atom. The summed E-state index contributed by atoms with van der Waals surface area (Å²) < 4.78 is 5.94. The molecule has 21 heavy (non-hydrogen) atoms. The van der Waals surface area contributed by atoms with Gasteiger partial charge in [0.25, 0.3) is 0 Å². The molecule has 2 nitrogen and oxygen atoms in total. The number of hydrogen-bond donors (Lipinski definition) is 1. The van der Waals surface area contributed by atoms with Gasteiger partial charge >= 0.3 is 0 Å². The van der Waals surface area contributed by atoms with Crippen molar-refractivity contribution in [3.05, 3.63) is 65.4 Å². The largest absolute Gasteiger partial charge is 0.459 e. The third-order valence-electron chi connectivity index (χ3n) is 3.64. The molecule has 0 bridgehead atoms. The molecule has 1 atom stereocenters. The van der Waals surface area contributed by atoms with Crippen LogP contribution in [0.3, 0.4) is 0 Å². The molecule has 0 amide bonds. The second kappa shape index (κ2) is 5.96. The average molecular weight is 297 g/mol. The summed E-state index contributed by atoms with van der Waals surface area (Å²) in [5.74, 6) is 1.67. The quantitative estimate of drug-likeness (QED) is 0.700. The topological polar surface area (TPSA) is 39.2 Å². The molecule has 2 aromatic carbocycles. The summed E-state index contributed by atoms with van der Waals surface area (Å²) in [4.78, 5) is 1.28. The second-order valence-electron chi connectivity index (χ2n) is 5.33. The maximum Gasteiger partial charge on any atom is 0.137 e. The predicted octanol–water partition coefficient (Wildman–Crippen LogP) is 4.84. The van der Waals surface area contributed by atoms with Gasteiger partial charge in [-0.1, -0.05) is 36.4 Å². The highest BCUT2D eigenvalue weighted by Gasteiger charge is 2.13. The van der Waals surface area contributed by atoms with Crippen molar-refractivity contribution in [3.63, 3.8) is 0 Å². The average Bonchev–Trinajstić information content (AvgIpc) is 2.92. The van der Waals surface area contributed by atoms with Crippen LogP contribution in [0.5, 0.6) is 0 Å². The molecule has 0 aliphatic heterocycles. The van der Waals surface area contributed by atoms with Crippen LogP contribution in [0.2, 0.25) is 0 Å². The van der Waals surface area contributed by atoms with Crippen molar-refractivity contribution in [3.8, 4) is 0 Å². The van der Waals surface area contributed by atoms with Crippen molar-refractivity contribution in [2.24, 2.45) is 5.73 Å². The van der Waals surface area contributed by atoms with Gasteiger partial charge in [0.15, 0.2) is 0 Å². The van der Waals surface area contributed by atoms with Crippen molar-refractivity contribution >= 4 is 22.7 Å². The summed E-state index contributed by atoms with van der Waals surface area (Å²) in [5.41, 5.74) is 9.68. The molecule has 3 heteroatoms. The SMILES string of the molecule is Cc1ccccc1SCC(N)c1cc2cccc(C)c2o1. The lowest BCUT2D eigenvalue weighted by Crippen LogP contribution is -2.11. The summed E-state index contributed by atoms with van der Waals surface area (Å²) >= 11 is 1.78. The van der Waals surface area contributed by atoms with Crippen LogP contribution in [0.4, 0.5) is 0 Å². The normalized spacial score (nSPS) is 12.7. The van der Waals surface area contributed by atoms with Crippen molar-refractivity contribution in [1.29, 1.82) is 0 Å². The summed E-state index contributed by atoms with van der Waals surface area (Å²) in [6.45, 7) is 4.18. The van der Waals surface area contributed by atoms with Gasteiger partial charge in [-0.3, -0.25) is 0 Å². The molecule has 0 radical (unpaired) electrons. The number of furan rings is 1. The number of rotatable bonds is 4. The molecule has 3 aromatic rings. The Hall–Kier alpha value is -1.71. The van der Waals surface area contributed by atoms with Gasteiger partial charge in [0.05, 0.1) is 6.04 Å². The molecular formula is C18H19NOS. The molecule has 0 fully saturated rings. The Bertz CT molecular complexity index is 763. The molecule has 0 saturated carbocycles. The highest BCUT2D eigenvalue weighted by molar-refractivity contribution is 7.99. The lowest BCUT2D eigenvalue weighted by Gasteiger charge is -2.09. The van der Waals surface area contributed by atoms with Gasteiger partial charge in [-0.2, -0.15) is 0 Å². The number of benzene rings is 2. The lowest BCUT2D eigenvalue weighted by molar-refractivity contribution is 0.514. The standard InChI is InChI=1S/C18H19NOS/c1-12-6-3-4-9-17(12)21-11-15(19)16-10-14-8-5-7-13(2)18(14)20-16/h3-10,15H,11,19H2,1-2H3. The van der Waals surface area contributed by atoms with Crippen LogP contribution in [0.25, 0.3) is 11.0 Å². The smallest absolute Gasteiger partial charge is 0.137 e. The minimum Gasteiger partial charge on any atom is -0.459 e. The van der Waals surface area contributed by atoms with E-state index >= 15 is 0 Å². The summed E-state index contributed by atoms with van der Waals surface area (Å²) in [5, 5.41) is 1.13. The van der Waals surface area contributed by atoms with Crippen molar-refractivity contribution in [2.45, 2.75) is 24.8 Å². The van der Waals surface area contributed by atoms with Gasteiger partial charge in [0, 0.05) is 16.0 Å². The van der Waals surface area contributed by atoms with E-state index in [0.717, 1.165) is 28.0 Å². The zero-order chi connectivity index (χ0) is 14.8. The second-order valence-corrected chi connectivity index (χ2v) is 6.39. The highest BCUT2D eigenvalue weighted by Crippen LogP contribution is 2.30. The maximum absolute atomic E-state index is 6.29. The minimum absolute atomic E-state index is 0.0959. The third kappa shape index (κ3) is 2.99. The number of hydrogen-bond acceptors (Lipinski definition) is 3. The van der Waals surface area contributed by atoms with E-state index in [1.54, 1.807) is 11.8 Å². The summed E-state index contributed by atoms with van der Waals surface area (Å²) in [6, 6.07) is 16.5. The first-order valence-electron chi connectivity index (χ1n) is 7.08. The molecule has 0 saturated heterocycles. The molecule has 0 aliphatic rings. The van der Waals surface area contributed by atoms with Gasteiger partial charge in [-0.15, -0.1) is 11.8 Å². The van der Waals surface area contributed by atoms with E-state index in [1.807, 2.05) is 6.07 Å². The monoisotopic (exact) mass is 297 g/mol. The van der Waals surface area contributed by atoms with E-state index in [2.05, 4.69) is 56.3 Å². The fraction of sp³-hybridized carbons (Fsp3) is 0.222. The number of fused-ring (bicyclic) bond motifs is 1. The highest BCUT2D eigenvalue weighted by atomic mass is 32.2. The Morgan fingerprint density at radius 1 is 1.05 bits per heavy atom. The fourth-order valence-corrected chi connectivity index (χ4v) is 3.39. The van der Waals surface area contributed by atoms with Crippen molar-refractivity contribution < 1.29 is 4.42 Å². The van der Waals surface area contributed by atoms with Crippen molar-refractivity contribution in [2.75, 3.05) is 5.75 Å². The molecule has 3 rings (SSSR count). The number of para-hydroxylation sites is 1. The van der Waals surface area contributed by atoms with E-state index in [-0.39, 0.29) is 6.04 Å². The van der Waals surface area contributed by atoms with Crippen LogP contribution in [0, 0.1) is 13.8 Å². The van der Waals surface area contributed by atoms with Gasteiger partial charge in [-0.25, -0.2) is 0 Å². The Balaban J connectivity index is 1.76. The zero-order valence-electron chi connectivity index (χ0n) is 12.3. The zero-order valence-corrected chi connectivity index (χ0v) is 13.1.